The van der Waals surface area contributed by atoms with Gasteiger partial charge in [0.25, 0.3) is 0 Å². The molecule has 5 heteroatoms. The van der Waals surface area contributed by atoms with E-state index in [0.29, 0.717) is 0 Å². The third-order valence-corrected chi connectivity index (χ3v) is 4.10. The van der Waals surface area contributed by atoms with Crippen molar-refractivity contribution in [2.45, 2.75) is 25.0 Å². The number of amides is 1. The summed E-state index contributed by atoms with van der Waals surface area (Å²) in [7, 11) is 7.27. The maximum Gasteiger partial charge on any atom is 0.244 e. The molecule has 23 heavy (non-hydrogen) atoms. The Labute approximate surface area is 138 Å². The third-order valence-electron chi connectivity index (χ3n) is 4.10. The molecule has 2 atom stereocenters. The molecule has 1 aliphatic rings. The number of aryl methyl sites for hydroxylation is 1. The van der Waals surface area contributed by atoms with E-state index in [9.17, 15) is 4.79 Å². The molecule has 0 fully saturated rings. The second kappa shape index (κ2) is 8.13. The Hall–Kier alpha value is -1.85. The summed E-state index contributed by atoms with van der Waals surface area (Å²) < 4.78 is 10.9. The molecule has 126 valence electrons. The van der Waals surface area contributed by atoms with Gasteiger partial charge in [0.05, 0.1) is 19.3 Å². The molecule has 0 spiro atoms. The fourth-order valence-electron chi connectivity index (χ4n) is 2.88. The minimum atomic E-state index is -0.157. The predicted molar refractivity (Wildman–Crippen MR) is 90.7 cm³/mol. The first-order valence-corrected chi connectivity index (χ1v) is 7.86. The third kappa shape index (κ3) is 4.56. The molecule has 0 aromatic heterocycles. The van der Waals surface area contributed by atoms with Crippen molar-refractivity contribution in [1.82, 2.24) is 10.2 Å². The summed E-state index contributed by atoms with van der Waals surface area (Å²) >= 11 is 0. The Bertz CT molecular complexity index is 569. The van der Waals surface area contributed by atoms with Gasteiger partial charge in [-0.3, -0.25) is 4.79 Å². The predicted octanol–water partition coefficient (Wildman–Crippen LogP) is 1.93. The Morgan fingerprint density at radius 3 is 2.83 bits per heavy atom. The summed E-state index contributed by atoms with van der Waals surface area (Å²) in [5.74, 6) is 0.692. The topological polar surface area (TPSA) is 50.8 Å². The summed E-state index contributed by atoms with van der Waals surface area (Å²) in [6.07, 6.45) is 5.25. The van der Waals surface area contributed by atoms with E-state index >= 15 is 0 Å². The maximum absolute atomic E-state index is 12.2. The number of rotatable bonds is 6. The largest absolute Gasteiger partial charge is 0.497 e. The minimum absolute atomic E-state index is 0.0270. The van der Waals surface area contributed by atoms with Crippen LogP contribution in [0.15, 0.2) is 30.4 Å². The first-order valence-electron chi connectivity index (χ1n) is 7.86. The van der Waals surface area contributed by atoms with Crippen LogP contribution in [0.2, 0.25) is 0 Å². The van der Waals surface area contributed by atoms with Gasteiger partial charge in [0.2, 0.25) is 5.91 Å². The molecular formula is C18H26N2O3. The first-order chi connectivity index (χ1) is 11.0. The smallest absolute Gasteiger partial charge is 0.244 e. The second-order valence-corrected chi connectivity index (χ2v) is 6.03. The standard InChI is InChI=1S/C18H26N2O3/c1-20(2)11-5-6-17(21)19-18-15-12-14(22-3)9-7-13(15)8-10-16(18)23-4/h5-7,9,12,16,18H,8,10-11H2,1-4H3,(H,19,21)/b6-5+. The molecule has 1 aromatic carbocycles. The van der Waals surface area contributed by atoms with Crippen LogP contribution >= 0.6 is 0 Å². The Morgan fingerprint density at radius 2 is 2.17 bits per heavy atom. The maximum atomic E-state index is 12.2. The average Bonchev–Trinajstić information content (AvgIpc) is 2.54. The molecule has 1 amide bonds. The number of carbonyl (C=O) groups excluding carboxylic acids is 1. The molecule has 0 bridgehead atoms. The summed E-state index contributed by atoms with van der Waals surface area (Å²) in [6.45, 7) is 0.732. The normalized spacial score (nSPS) is 20.6. The van der Waals surface area contributed by atoms with Crippen molar-refractivity contribution in [3.8, 4) is 5.75 Å². The zero-order valence-corrected chi connectivity index (χ0v) is 14.3. The van der Waals surface area contributed by atoms with E-state index in [0.717, 1.165) is 30.7 Å². The minimum Gasteiger partial charge on any atom is -0.497 e. The summed E-state index contributed by atoms with van der Waals surface area (Å²) in [4.78, 5) is 14.2. The van der Waals surface area contributed by atoms with Crippen molar-refractivity contribution < 1.29 is 14.3 Å². The molecule has 1 aliphatic carbocycles. The van der Waals surface area contributed by atoms with Gasteiger partial charge in [0.15, 0.2) is 0 Å². The van der Waals surface area contributed by atoms with E-state index in [1.165, 1.54) is 5.56 Å². The molecule has 5 nitrogen and oxygen atoms in total. The molecule has 0 radical (unpaired) electrons. The van der Waals surface area contributed by atoms with Crippen LogP contribution in [-0.4, -0.2) is 51.8 Å². The number of carbonyl (C=O) groups is 1. The summed E-state index contributed by atoms with van der Waals surface area (Å²) in [5, 5.41) is 3.08. The van der Waals surface area contributed by atoms with Crippen LogP contribution in [0.4, 0.5) is 0 Å². The lowest BCUT2D eigenvalue weighted by molar-refractivity contribution is -0.118. The van der Waals surface area contributed by atoms with Crippen molar-refractivity contribution in [1.29, 1.82) is 0 Å². The van der Waals surface area contributed by atoms with Crippen LogP contribution in [0.1, 0.15) is 23.6 Å². The highest BCUT2D eigenvalue weighted by atomic mass is 16.5. The molecule has 0 aliphatic heterocycles. The van der Waals surface area contributed by atoms with Crippen molar-refractivity contribution in [2.75, 3.05) is 34.9 Å². The Morgan fingerprint density at radius 1 is 1.39 bits per heavy atom. The average molecular weight is 318 g/mol. The highest BCUT2D eigenvalue weighted by Gasteiger charge is 2.30. The highest BCUT2D eigenvalue weighted by Crippen LogP contribution is 2.34. The van der Waals surface area contributed by atoms with Crippen LogP contribution in [0.5, 0.6) is 5.75 Å². The molecule has 0 saturated carbocycles. The van der Waals surface area contributed by atoms with E-state index in [1.54, 1.807) is 20.3 Å². The second-order valence-electron chi connectivity index (χ2n) is 6.03. The van der Waals surface area contributed by atoms with E-state index < -0.39 is 0 Å². The number of nitrogens with one attached hydrogen (secondary N) is 1. The van der Waals surface area contributed by atoms with E-state index in [-0.39, 0.29) is 18.1 Å². The Balaban J connectivity index is 2.18. The SMILES string of the molecule is COc1ccc2c(c1)C(NC(=O)/C=C/CN(C)C)C(OC)CC2. The molecule has 0 saturated heterocycles. The molecular weight excluding hydrogens is 292 g/mol. The molecule has 2 rings (SSSR count). The van der Waals surface area contributed by atoms with Gasteiger partial charge >= 0.3 is 0 Å². The van der Waals surface area contributed by atoms with E-state index in [4.69, 9.17) is 9.47 Å². The van der Waals surface area contributed by atoms with Crippen LogP contribution in [0.3, 0.4) is 0 Å². The quantitative estimate of drug-likeness (QED) is 0.814. The van der Waals surface area contributed by atoms with Gasteiger partial charge in [-0.05, 0) is 50.2 Å². The monoisotopic (exact) mass is 318 g/mol. The van der Waals surface area contributed by atoms with Gasteiger partial charge in [0, 0.05) is 19.7 Å². The van der Waals surface area contributed by atoms with Crippen molar-refractivity contribution in [3.05, 3.63) is 41.5 Å². The molecule has 2 unspecified atom stereocenters. The van der Waals surface area contributed by atoms with Crippen molar-refractivity contribution >= 4 is 5.91 Å². The number of nitrogens with zero attached hydrogens (tertiary/aromatic N) is 1. The van der Waals surface area contributed by atoms with Crippen LogP contribution in [0, 0.1) is 0 Å². The molecule has 0 heterocycles. The lowest BCUT2D eigenvalue weighted by Crippen LogP contribution is -2.39. The Kier molecular flexibility index (Phi) is 6.19. The molecule has 1 N–H and O–H groups in total. The zero-order valence-electron chi connectivity index (χ0n) is 14.3. The number of ether oxygens (including phenoxy) is 2. The highest BCUT2D eigenvalue weighted by molar-refractivity contribution is 5.88. The molecule has 1 aromatic rings. The number of methoxy groups -OCH3 is 2. The number of benzene rings is 1. The van der Waals surface area contributed by atoms with Gasteiger partial charge in [0.1, 0.15) is 5.75 Å². The fourth-order valence-corrected chi connectivity index (χ4v) is 2.88. The van der Waals surface area contributed by atoms with Gasteiger partial charge in [-0.15, -0.1) is 0 Å². The number of fused-ring (bicyclic) bond motifs is 1. The van der Waals surface area contributed by atoms with E-state index in [1.807, 2.05) is 37.2 Å². The number of hydrogen-bond acceptors (Lipinski definition) is 4. The summed E-state index contributed by atoms with van der Waals surface area (Å²) in [5.41, 5.74) is 2.32. The van der Waals surface area contributed by atoms with Crippen LogP contribution in [0.25, 0.3) is 0 Å². The van der Waals surface area contributed by atoms with Gasteiger partial charge in [-0.2, -0.15) is 0 Å². The summed E-state index contributed by atoms with van der Waals surface area (Å²) in [6, 6.07) is 5.87. The van der Waals surface area contributed by atoms with Gasteiger partial charge in [-0.25, -0.2) is 0 Å². The van der Waals surface area contributed by atoms with E-state index in [2.05, 4.69) is 11.4 Å². The van der Waals surface area contributed by atoms with Crippen LogP contribution in [-0.2, 0) is 16.0 Å². The fraction of sp³-hybridized carbons (Fsp3) is 0.500. The van der Waals surface area contributed by atoms with Crippen molar-refractivity contribution in [3.63, 3.8) is 0 Å². The van der Waals surface area contributed by atoms with Crippen molar-refractivity contribution in [2.24, 2.45) is 0 Å². The lowest BCUT2D eigenvalue weighted by Gasteiger charge is -2.33. The zero-order chi connectivity index (χ0) is 16.8. The van der Waals surface area contributed by atoms with Crippen LogP contribution < -0.4 is 10.1 Å². The number of hydrogen-bond donors (Lipinski definition) is 1. The van der Waals surface area contributed by atoms with Gasteiger partial charge in [-0.1, -0.05) is 12.1 Å². The number of likely N-dealkylation sites (N-methyl/N-ethyl adjacent to an activating group) is 1. The first kappa shape index (κ1) is 17.5. The lowest BCUT2D eigenvalue weighted by atomic mass is 9.85. The van der Waals surface area contributed by atoms with Gasteiger partial charge < -0.3 is 19.7 Å².